The normalized spacial score (nSPS) is 12.3. The average molecular weight is 417 g/mol. The number of hydrogen-bond acceptors (Lipinski definition) is 4. The highest BCUT2D eigenvalue weighted by atomic mass is 35.5. The number of hydrogen-bond donors (Lipinski definition) is 1. The lowest BCUT2D eigenvalue weighted by Crippen LogP contribution is -2.30. The molecule has 6 nitrogen and oxygen atoms in total. The summed E-state index contributed by atoms with van der Waals surface area (Å²) in [5.41, 5.74) is 1.06. The van der Waals surface area contributed by atoms with Crippen LogP contribution < -0.4 is 4.72 Å². The Hall–Kier alpha value is -1.61. The maximum atomic E-state index is 12.7. The molecule has 0 aliphatic rings. The van der Waals surface area contributed by atoms with Crippen LogP contribution >= 0.6 is 11.6 Å². The number of halogens is 1. The van der Waals surface area contributed by atoms with Gasteiger partial charge in [0.1, 0.15) is 4.90 Å². The predicted molar refractivity (Wildman–Crippen MR) is 104 cm³/mol. The van der Waals surface area contributed by atoms with Crippen molar-refractivity contribution < 1.29 is 16.8 Å². The van der Waals surface area contributed by atoms with Crippen LogP contribution in [-0.4, -0.2) is 34.2 Å². The summed E-state index contributed by atoms with van der Waals surface area (Å²) < 4.78 is 54.1. The number of nitrogens with one attached hydrogen (secondary N) is 1. The van der Waals surface area contributed by atoms with Gasteiger partial charge in [0, 0.05) is 13.1 Å². The summed E-state index contributed by atoms with van der Waals surface area (Å²) >= 11 is 6.06. The van der Waals surface area contributed by atoms with Gasteiger partial charge in [-0.1, -0.05) is 43.1 Å². The van der Waals surface area contributed by atoms with E-state index in [0.717, 1.165) is 5.56 Å². The van der Waals surface area contributed by atoms with Crippen LogP contribution in [0, 0.1) is 6.92 Å². The second kappa shape index (κ2) is 7.96. The number of sulfonamides is 2. The molecule has 0 heterocycles. The first-order valence-corrected chi connectivity index (χ1v) is 11.3. The Bertz CT molecular complexity index is 984. The summed E-state index contributed by atoms with van der Waals surface area (Å²) in [6, 6.07) is 10.4. The molecule has 0 bridgehead atoms. The van der Waals surface area contributed by atoms with Crippen molar-refractivity contribution in [2.45, 2.75) is 30.6 Å². The number of anilines is 1. The second-order valence-corrected chi connectivity index (χ2v) is 9.65. The molecule has 0 radical (unpaired) electrons. The monoisotopic (exact) mass is 416 g/mol. The number of nitrogens with zero attached hydrogens (tertiary/aromatic N) is 1. The first-order valence-electron chi connectivity index (χ1n) is 8.01. The lowest BCUT2D eigenvalue weighted by atomic mass is 10.2. The van der Waals surface area contributed by atoms with Gasteiger partial charge in [-0.25, -0.2) is 16.8 Å². The van der Waals surface area contributed by atoms with Crippen LogP contribution in [-0.2, 0) is 20.0 Å². The van der Waals surface area contributed by atoms with Crippen molar-refractivity contribution in [3.8, 4) is 0 Å². The zero-order chi connectivity index (χ0) is 19.5. The van der Waals surface area contributed by atoms with E-state index in [0.29, 0.717) is 0 Å². The summed E-state index contributed by atoms with van der Waals surface area (Å²) in [6.07, 6.45) is 0. The predicted octanol–water partition coefficient (Wildman–Crippen LogP) is 3.48. The Balaban J connectivity index is 2.42. The molecule has 2 aromatic rings. The van der Waals surface area contributed by atoms with E-state index in [1.54, 1.807) is 26.0 Å². The maximum absolute atomic E-state index is 12.7. The molecule has 0 aromatic heterocycles. The first kappa shape index (κ1) is 20.7. The summed E-state index contributed by atoms with van der Waals surface area (Å²) in [7, 11) is -7.65. The molecule has 2 aromatic carbocycles. The molecule has 0 aliphatic heterocycles. The molecule has 9 heteroatoms. The van der Waals surface area contributed by atoms with E-state index in [1.807, 2.05) is 6.92 Å². The van der Waals surface area contributed by atoms with E-state index in [2.05, 4.69) is 4.72 Å². The molecule has 26 heavy (non-hydrogen) atoms. The Kier molecular flexibility index (Phi) is 6.33. The van der Waals surface area contributed by atoms with Gasteiger partial charge in [0.15, 0.2) is 0 Å². The third-order valence-electron chi connectivity index (χ3n) is 3.84. The fourth-order valence-electron chi connectivity index (χ4n) is 2.40. The van der Waals surface area contributed by atoms with Crippen molar-refractivity contribution in [2.24, 2.45) is 0 Å². The van der Waals surface area contributed by atoms with Crippen LogP contribution in [0.25, 0.3) is 0 Å². The van der Waals surface area contributed by atoms with Gasteiger partial charge in [-0.05, 0) is 37.3 Å². The van der Waals surface area contributed by atoms with Gasteiger partial charge in [0.2, 0.25) is 10.0 Å². The van der Waals surface area contributed by atoms with Crippen molar-refractivity contribution in [2.75, 3.05) is 17.8 Å². The maximum Gasteiger partial charge on any atom is 0.261 e. The summed E-state index contributed by atoms with van der Waals surface area (Å²) in [5.74, 6) is 0. The highest BCUT2D eigenvalue weighted by Crippen LogP contribution is 2.28. The van der Waals surface area contributed by atoms with Gasteiger partial charge in [0.05, 0.1) is 15.6 Å². The van der Waals surface area contributed by atoms with Gasteiger partial charge in [-0.2, -0.15) is 4.31 Å². The van der Waals surface area contributed by atoms with Gasteiger partial charge in [-0.3, -0.25) is 4.72 Å². The fraction of sp³-hybridized carbons (Fsp3) is 0.294. The van der Waals surface area contributed by atoms with E-state index in [9.17, 15) is 16.8 Å². The van der Waals surface area contributed by atoms with E-state index in [1.165, 1.54) is 34.6 Å². The summed E-state index contributed by atoms with van der Waals surface area (Å²) in [6.45, 7) is 5.87. The fourth-order valence-corrected chi connectivity index (χ4v) is 5.41. The average Bonchev–Trinajstić information content (AvgIpc) is 2.57. The van der Waals surface area contributed by atoms with E-state index in [4.69, 9.17) is 11.6 Å². The highest BCUT2D eigenvalue weighted by Gasteiger charge is 2.25. The molecule has 0 aliphatic carbocycles. The van der Waals surface area contributed by atoms with E-state index in [-0.39, 0.29) is 33.6 Å². The van der Waals surface area contributed by atoms with Crippen molar-refractivity contribution in [1.82, 2.24) is 4.31 Å². The standard InChI is InChI=1S/C17H21ClN2O4S2/c1-4-20(5-2)26(23,24)17-12-14(8-11-16(17)18)19-25(21,22)15-9-6-13(3)7-10-15/h6-12,19H,4-5H2,1-3H3. The Labute approximate surface area is 159 Å². The van der Waals surface area contributed by atoms with Gasteiger partial charge < -0.3 is 0 Å². The van der Waals surface area contributed by atoms with Crippen LogP contribution in [0.4, 0.5) is 5.69 Å². The van der Waals surface area contributed by atoms with Crippen molar-refractivity contribution in [1.29, 1.82) is 0 Å². The minimum absolute atomic E-state index is 0.0372. The van der Waals surface area contributed by atoms with Crippen molar-refractivity contribution in [3.05, 3.63) is 53.1 Å². The molecule has 0 fully saturated rings. The highest BCUT2D eigenvalue weighted by molar-refractivity contribution is 7.92. The van der Waals surface area contributed by atoms with E-state index >= 15 is 0 Å². The molecule has 0 spiro atoms. The number of aryl methyl sites for hydroxylation is 1. The lowest BCUT2D eigenvalue weighted by molar-refractivity contribution is 0.445. The van der Waals surface area contributed by atoms with Crippen molar-refractivity contribution >= 4 is 37.3 Å². The van der Waals surface area contributed by atoms with E-state index < -0.39 is 20.0 Å². The zero-order valence-corrected chi connectivity index (χ0v) is 17.1. The molecule has 0 unspecified atom stereocenters. The Morgan fingerprint density at radius 3 is 2.08 bits per heavy atom. The molecular weight excluding hydrogens is 396 g/mol. The zero-order valence-electron chi connectivity index (χ0n) is 14.7. The third kappa shape index (κ3) is 4.37. The minimum atomic E-state index is -3.84. The molecule has 0 saturated carbocycles. The summed E-state index contributed by atoms with van der Waals surface area (Å²) in [5, 5.41) is 0.0372. The van der Waals surface area contributed by atoms with Crippen LogP contribution in [0.3, 0.4) is 0 Å². The Morgan fingerprint density at radius 1 is 0.962 bits per heavy atom. The minimum Gasteiger partial charge on any atom is -0.280 e. The number of rotatable bonds is 7. The summed E-state index contributed by atoms with van der Waals surface area (Å²) in [4.78, 5) is -0.0434. The lowest BCUT2D eigenvalue weighted by Gasteiger charge is -2.20. The Morgan fingerprint density at radius 2 is 1.54 bits per heavy atom. The number of benzene rings is 2. The van der Waals surface area contributed by atoms with Crippen LogP contribution in [0.2, 0.25) is 5.02 Å². The smallest absolute Gasteiger partial charge is 0.261 e. The first-order chi connectivity index (χ1) is 12.1. The van der Waals surface area contributed by atoms with Crippen LogP contribution in [0.15, 0.2) is 52.3 Å². The SMILES string of the molecule is CCN(CC)S(=O)(=O)c1cc(NS(=O)(=O)c2ccc(C)cc2)ccc1Cl. The molecule has 0 amide bonds. The second-order valence-electron chi connectivity index (χ2n) is 5.65. The van der Waals surface area contributed by atoms with Crippen LogP contribution in [0.5, 0.6) is 0 Å². The molecule has 0 saturated heterocycles. The molecular formula is C17H21ClN2O4S2. The van der Waals surface area contributed by atoms with Gasteiger partial charge >= 0.3 is 0 Å². The van der Waals surface area contributed by atoms with Crippen molar-refractivity contribution in [3.63, 3.8) is 0 Å². The quantitative estimate of drug-likeness (QED) is 0.748. The van der Waals surface area contributed by atoms with Gasteiger partial charge in [-0.15, -0.1) is 0 Å². The largest absolute Gasteiger partial charge is 0.280 e. The molecule has 1 N–H and O–H groups in total. The van der Waals surface area contributed by atoms with Gasteiger partial charge in [0.25, 0.3) is 10.0 Å². The molecule has 0 atom stereocenters. The topological polar surface area (TPSA) is 83.6 Å². The third-order valence-corrected chi connectivity index (χ3v) is 7.77. The van der Waals surface area contributed by atoms with Crippen LogP contribution in [0.1, 0.15) is 19.4 Å². The molecule has 2 rings (SSSR count). The molecule has 142 valence electrons.